The van der Waals surface area contributed by atoms with E-state index in [4.69, 9.17) is 16.3 Å². The first-order chi connectivity index (χ1) is 11.6. The first-order valence-electron chi connectivity index (χ1n) is 7.05. The Hall–Kier alpha value is -1.63. The Morgan fingerprint density at radius 2 is 1.67 bits per heavy atom. The molecule has 1 amide bonds. The van der Waals surface area contributed by atoms with Gasteiger partial charge >= 0.3 is 5.97 Å². The molecular weight excluding hydrogens is 366 g/mol. The van der Waals surface area contributed by atoms with Gasteiger partial charge in [0.25, 0.3) is 5.91 Å². The zero-order valence-electron chi connectivity index (χ0n) is 13.0. The Balaban J connectivity index is 1.70. The van der Waals surface area contributed by atoms with Gasteiger partial charge in [0.1, 0.15) is 0 Å². The van der Waals surface area contributed by atoms with Crippen molar-refractivity contribution in [3.63, 3.8) is 0 Å². The molecule has 0 aromatic heterocycles. The van der Waals surface area contributed by atoms with E-state index >= 15 is 0 Å². The molecule has 0 saturated carbocycles. The molecule has 0 radical (unpaired) electrons. The fourth-order valence-electron chi connectivity index (χ4n) is 1.73. The van der Waals surface area contributed by atoms with Crippen molar-refractivity contribution < 1.29 is 14.3 Å². The monoisotopic (exact) mass is 381 g/mol. The maximum Gasteiger partial charge on any atom is 0.316 e. The quantitative estimate of drug-likeness (QED) is 0.571. The maximum atomic E-state index is 11.8. The number of hydrogen-bond acceptors (Lipinski definition) is 5. The summed E-state index contributed by atoms with van der Waals surface area (Å²) in [7, 11) is 0. The van der Waals surface area contributed by atoms with Gasteiger partial charge in [0, 0.05) is 20.5 Å². The Morgan fingerprint density at radius 3 is 2.29 bits per heavy atom. The molecule has 0 saturated heterocycles. The van der Waals surface area contributed by atoms with Crippen LogP contribution in [0.1, 0.15) is 0 Å². The molecule has 2 aromatic rings. The van der Waals surface area contributed by atoms with Crippen molar-refractivity contribution in [1.29, 1.82) is 0 Å². The summed E-state index contributed by atoms with van der Waals surface area (Å²) in [5.41, 5.74) is 0.671. The van der Waals surface area contributed by atoms with Crippen LogP contribution < -0.4 is 5.32 Å². The van der Waals surface area contributed by atoms with Gasteiger partial charge in [0.2, 0.25) is 0 Å². The second-order valence-electron chi connectivity index (χ2n) is 4.68. The Labute approximate surface area is 154 Å². The van der Waals surface area contributed by atoms with Crippen molar-refractivity contribution in [2.24, 2.45) is 0 Å². The first kappa shape index (κ1) is 18.7. The highest BCUT2D eigenvalue weighted by molar-refractivity contribution is 8.00. The van der Waals surface area contributed by atoms with Crippen molar-refractivity contribution in [2.45, 2.75) is 9.79 Å². The molecule has 2 rings (SSSR count). The highest BCUT2D eigenvalue weighted by Crippen LogP contribution is 2.20. The minimum absolute atomic E-state index is 0.136. The van der Waals surface area contributed by atoms with E-state index in [1.807, 2.05) is 42.7 Å². The van der Waals surface area contributed by atoms with Crippen LogP contribution in [0.2, 0.25) is 5.02 Å². The fourth-order valence-corrected chi connectivity index (χ4v) is 2.96. The summed E-state index contributed by atoms with van der Waals surface area (Å²) in [4.78, 5) is 25.5. The topological polar surface area (TPSA) is 55.4 Å². The van der Waals surface area contributed by atoms with Crippen molar-refractivity contribution in [3.05, 3.63) is 53.6 Å². The average molecular weight is 382 g/mol. The maximum absolute atomic E-state index is 11.8. The van der Waals surface area contributed by atoms with E-state index in [1.54, 1.807) is 23.9 Å². The Bertz CT molecular complexity index is 690. The predicted molar refractivity (Wildman–Crippen MR) is 100.0 cm³/mol. The van der Waals surface area contributed by atoms with E-state index < -0.39 is 5.97 Å². The number of carbonyl (C=O) groups excluding carboxylic acids is 2. The van der Waals surface area contributed by atoms with Crippen LogP contribution >= 0.6 is 35.1 Å². The third-order valence-corrected chi connectivity index (χ3v) is 4.89. The molecule has 0 bridgehead atoms. The van der Waals surface area contributed by atoms with Crippen LogP contribution in [0.15, 0.2) is 58.3 Å². The van der Waals surface area contributed by atoms with Crippen LogP contribution in [0.3, 0.4) is 0 Å². The van der Waals surface area contributed by atoms with Crippen LogP contribution in [0.5, 0.6) is 0 Å². The molecule has 0 spiro atoms. The summed E-state index contributed by atoms with van der Waals surface area (Å²) in [5, 5.41) is 3.32. The van der Waals surface area contributed by atoms with Crippen molar-refractivity contribution in [3.8, 4) is 0 Å². The second-order valence-corrected chi connectivity index (χ2v) is 7.04. The molecule has 0 heterocycles. The summed E-state index contributed by atoms with van der Waals surface area (Å²) in [6, 6.07) is 14.6. The minimum Gasteiger partial charge on any atom is -0.455 e. The van der Waals surface area contributed by atoms with Crippen LogP contribution in [0.25, 0.3) is 0 Å². The van der Waals surface area contributed by atoms with Crippen LogP contribution in [-0.2, 0) is 14.3 Å². The summed E-state index contributed by atoms with van der Waals surface area (Å²) in [5.74, 6) is -0.670. The number of halogens is 1. The number of hydrogen-bond donors (Lipinski definition) is 1. The summed E-state index contributed by atoms with van der Waals surface area (Å²) >= 11 is 8.75. The van der Waals surface area contributed by atoms with Crippen molar-refractivity contribution >= 4 is 52.7 Å². The normalized spacial score (nSPS) is 10.2. The van der Waals surface area contributed by atoms with Gasteiger partial charge in [-0.15, -0.1) is 23.5 Å². The molecular formula is C17H16ClNO3S2. The number of amides is 1. The third-order valence-electron chi connectivity index (χ3n) is 2.91. The molecule has 0 atom stereocenters. The van der Waals surface area contributed by atoms with Gasteiger partial charge in [0.05, 0.1) is 5.75 Å². The number of benzene rings is 2. The van der Waals surface area contributed by atoms with E-state index in [0.29, 0.717) is 10.7 Å². The van der Waals surface area contributed by atoms with Crippen LogP contribution in [0.4, 0.5) is 5.69 Å². The van der Waals surface area contributed by atoms with E-state index in [9.17, 15) is 9.59 Å². The van der Waals surface area contributed by atoms with Crippen LogP contribution in [0, 0.1) is 0 Å². The molecule has 126 valence electrons. The number of ether oxygens (including phenoxy) is 1. The fraction of sp³-hybridized carbons (Fsp3) is 0.176. The Kier molecular flexibility index (Phi) is 7.49. The predicted octanol–water partition coefficient (Wildman–Crippen LogP) is 4.34. The van der Waals surface area contributed by atoms with Crippen molar-refractivity contribution in [2.75, 3.05) is 23.9 Å². The van der Waals surface area contributed by atoms with E-state index in [2.05, 4.69) is 5.32 Å². The number of anilines is 1. The lowest BCUT2D eigenvalue weighted by Crippen LogP contribution is -2.21. The number of thioether (sulfide) groups is 2. The molecule has 0 aliphatic carbocycles. The zero-order chi connectivity index (χ0) is 17.4. The average Bonchev–Trinajstić information content (AvgIpc) is 2.60. The smallest absolute Gasteiger partial charge is 0.316 e. The molecule has 1 N–H and O–H groups in total. The summed E-state index contributed by atoms with van der Waals surface area (Å²) in [6.07, 6.45) is 1.98. The zero-order valence-corrected chi connectivity index (χ0v) is 15.3. The van der Waals surface area contributed by atoms with Gasteiger partial charge in [-0.3, -0.25) is 9.59 Å². The lowest BCUT2D eigenvalue weighted by molar-refractivity contribution is -0.144. The van der Waals surface area contributed by atoms with Gasteiger partial charge in [0.15, 0.2) is 6.61 Å². The highest BCUT2D eigenvalue weighted by atomic mass is 35.5. The van der Waals surface area contributed by atoms with Gasteiger partial charge in [-0.25, -0.2) is 0 Å². The second kappa shape index (κ2) is 9.61. The van der Waals surface area contributed by atoms with Gasteiger partial charge in [-0.05, 0) is 54.8 Å². The summed E-state index contributed by atoms with van der Waals surface area (Å²) < 4.78 is 4.96. The number of esters is 1. The number of nitrogens with one attached hydrogen (secondary N) is 1. The molecule has 4 nitrogen and oxygen atoms in total. The van der Waals surface area contributed by atoms with E-state index in [1.165, 1.54) is 11.8 Å². The first-order valence-corrected chi connectivity index (χ1v) is 9.63. The lowest BCUT2D eigenvalue weighted by atomic mass is 10.3. The molecule has 24 heavy (non-hydrogen) atoms. The minimum atomic E-state index is -0.442. The molecule has 7 heteroatoms. The Morgan fingerprint density at radius 1 is 1.04 bits per heavy atom. The van der Waals surface area contributed by atoms with Crippen LogP contribution in [-0.4, -0.2) is 30.5 Å². The van der Waals surface area contributed by atoms with Gasteiger partial charge in [-0.2, -0.15) is 0 Å². The molecule has 0 unspecified atom stereocenters. The van der Waals surface area contributed by atoms with E-state index in [-0.39, 0.29) is 18.3 Å². The third kappa shape index (κ3) is 6.47. The number of carbonyl (C=O) groups is 2. The summed E-state index contributed by atoms with van der Waals surface area (Å²) in [6.45, 7) is -0.301. The molecule has 2 aromatic carbocycles. The van der Waals surface area contributed by atoms with Gasteiger partial charge in [-0.1, -0.05) is 11.6 Å². The number of rotatable bonds is 7. The molecule has 0 aliphatic heterocycles. The molecule has 0 aliphatic rings. The largest absolute Gasteiger partial charge is 0.455 e. The standard InChI is InChI=1S/C17H16ClNO3S2/c1-23-14-8-4-13(5-9-14)19-16(20)10-22-17(21)11-24-15-6-2-12(18)3-7-15/h2-9H,10-11H2,1H3,(H,19,20). The molecule has 0 fully saturated rings. The van der Waals surface area contributed by atoms with Crippen molar-refractivity contribution in [1.82, 2.24) is 0 Å². The SMILES string of the molecule is CSc1ccc(NC(=O)COC(=O)CSc2ccc(Cl)cc2)cc1. The lowest BCUT2D eigenvalue weighted by Gasteiger charge is -2.07. The van der Waals surface area contributed by atoms with Gasteiger partial charge < -0.3 is 10.1 Å². The highest BCUT2D eigenvalue weighted by Gasteiger charge is 2.09. The van der Waals surface area contributed by atoms with E-state index in [0.717, 1.165) is 9.79 Å².